The molecule has 3 heterocycles. The number of pyridine rings is 2. The second-order valence-electron chi connectivity index (χ2n) is 10.9. The fraction of sp³-hybridized carbons (Fsp3) is 0.586. The van der Waals surface area contributed by atoms with Crippen molar-refractivity contribution in [2.75, 3.05) is 50.2 Å². The van der Waals surface area contributed by atoms with E-state index >= 15 is 0 Å². The minimum Gasteiger partial charge on any atom is -0.465 e. The van der Waals surface area contributed by atoms with Gasteiger partial charge in [-0.1, -0.05) is 17.7 Å². The summed E-state index contributed by atoms with van der Waals surface area (Å²) >= 11 is 6.55. The van der Waals surface area contributed by atoms with Crippen LogP contribution in [0.25, 0.3) is 11.3 Å². The Kier molecular flexibility index (Phi) is 11.4. The Labute approximate surface area is 246 Å². The molecule has 2 aromatic rings. The van der Waals surface area contributed by atoms with Gasteiger partial charge >= 0.3 is 6.09 Å². The number of nitrogens with zero attached hydrogens (tertiary/aromatic N) is 3. The van der Waals surface area contributed by atoms with E-state index in [2.05, 4.69) is 39.2 Å². The van der Waals surface area contributed by atoms with Crippen molar-refractivity contribution >= 4 is 29.3 Å². The van der Waals surface area contributed by atoms with Crippen molar-refractivity contribution in [1.29, 1.82) is 5.26 Å². The number of ether oxygens (including phenoxy) is 2. The molecule has 1 aliphatic carbocycles. The second-order valence-corrected chi connectivity index (χ2v) is 11.3. The zero-order chi connectivity index (χ0) is 29.1. The van der Waals surface area contributed by atoms with Crippen LogP contribution in [0, 0.1) is 16.7 Å². The SMILES string of the molecule is CC(COCCNC(=O)O)NC1CCC(Nc2cc(-c3cccc(NCC4(C#N)CCOCC4)n3)c(Cl)cn2)CC1. The number of nitrogens with one attached hydrogen (secondary N) is 4. The van der Waals surface area contributed by atoms with Gasteiger partial charge in [0.05, 0.1) is 35.4 Å². The van der Waals surface area contributed by atoms with Gasteiger partial charge in [-0.05, 0) is 63.6 Å². The summed E-state index contributed by atoms with van der Waals surface area (Å²) in [5, 5.41) is 31.7. The first kappa shape index (κ1) is 30.8. The molecule has 1 unspecified atom stereocenters. The van der Waals surface area contributed by atoms with E-state index in [1.54, 1.807) is 6.20 Å². The number of hydrogen-bond donors (Lipinski definition) is 5. The molecule has 4 rings (SSSR count). The maximum absolute atomic E-state index is 10.5. The molecule has 2 aliphatic rings. The number of rotatable bonds is 13. The summed E-state index contributed by atoms with van der Waals surface area (Å²) < 4.78 is 11.0. The van der Waals surface area contributed by atoms with Gasteiger partial charge in [0.2, 0.25) is 0 Å². The Morgan fingerprint density at radius 1 is 1.24 bits per heavy atom. The molecular weight excluding hydrogens is 546 g/mol. The van der Waals surface area contributed by atoms with E-state index in [0.29, 0.717) is 68.7 Å². The standard InChI is InChI=1S/C29H40ClN7O4/c1-20(17-41-14-11-32-28(38)39)35-21-5-7-22(8-6-21)36-27-15-23(24(30)16-33-27)25-3-2-4-26(37-25)34-19-29(18-31)9-12-40-13-10-29/h2-4,15-16,20-22,32,35H,5-14,17,19H2,1H3,(H,33,36)(H,34,37)(H,38,39). The van der Waals surface area contributed by atoms with Crippen molar-refractivity contribution in [2.24, 2.45) is 5.41 Å². The lowest BCUT2D eigenvalue weighted by Crippen LogP contribution is -2.43. The first-order chi connectivity index (χ1) is 19.9. The third-order valence-electron chi connectivity index (χ3n) is 7.67. The molecule has 5 N–H and O–H groups in total. The highest BCUT2D eigenvalue weighted by molar-refractivity contribution is 6.33. The fourth-order valence-corrected chi connectivity index (χ4v) is 5.50. The van der Waals surface area contributed by atoms with Crippen LogP contribution in [0.15, 0.2) is 30.5 Å². The summed E-state index contributed by atoms with van der Waals surface area (Å²) in [6, 6.07) is 11.1. The average molecular weight is 586 g/mol. The lowest BCUT2D eigenvalue weighted by Gasteiger charge is -2.32. The van der Waals surface area contributed by atoms with Crippen molar-refractivity contribution in [2.45, 2.75) is 63.6 Å². The summed E-state index contributed by atoms with van der Waals surface area (Å²) in [7, 11) is 0. The summed E-state index contributed by atoms with van der Waals surface area (Å²) in [6.45, 7) is 5.00. The molecule has 1 atom stereocenters. The second kappa shape index (κ2) is 15.2. The fourth-order valence-electron chi connectivity index (χ4n) is 5.30. The number of halogens is 1. The van der Waals surface area contributed by atoms with Crippen LogP contribution in [0.4, 0.5) is 16.4 Å². The summed E-state index contributed by atoms with van der Waals surface area (Å²) in [5.41, 5.74) is 1.10. The van der Waals surface area contributed by atoms with Crippen LogP contribution in [-0.2, 0) is 9.47 Å². The van der Waals surface area contributed by atoms with Crippen LogP contribution < -0.4 is 21.3 Å². The van der Waals surface area contributed by atoms with E-state index in [-0.39, 0.29) is 12.6 Å². The summed E-state index contributed by atoms with van der Waals surface area (Å²) in [4.78, 5) is 19.8. The van der Waals surface area contributed by atoms with Crippen molar-refractivity contribution in [3.05, 3.63) is 35.5 Å². The van der Waals surface area contributed by atoms with Crippen molar-refractivity contribution in [1.82, 2.24) is 20.6 Å². The van der Waals surface area contributed by atoms with Crippen LogP contribution >= 0.6 is 11.6 Å². The number of amides is 1. The van der Waals surface area contributed by atoms with E-state index < -0.39 is 11.5 Å². The quantitative estimate of drug-likeness (QED) is 0.212. The Hall–Kier alpha value is -3.17. The maximum atomic E-state index is 10.5. The van der Waals surface area contributed by atoms with Crippen LogP contribution in [0.5, 0.6) is 0 Å². The molecule has 0 bridgehead atoms. The minimum atomic E-state index is -1.04. The predicted molar refractivity (Wildman–Crippen MR) is 158 cm³/mol. The Balaban J connectivity index is 1.26. The molecule has 12 heteroatoms. The highest BCUT2D eigenvalue weighted by atomic mass is 35.5. The summed E-state index contributed by atoms with van der Waals surface area (Å²) in [5.74, 6) is 1.47. The van der Waals surface area contributed by atoms with Gasteiger partial charge in [0.25, 0.3) is 0 Å². The van der Waals surface area contributed by atoms with E-state index in [4.69, 9.17) is 31.2 Å². The number of anilines is 2. The van der Waals surface area contributed by atoms with E-state index in [1.807, 2.05) is 24.3 Å². The molecule has 0 radical (unpaired) electrons. The minimum absolute atomic E-state index is 0.190. The van der Waals surface area contributed by atoms with Gasteiger partial charge < -0.3 is 35.8 Å². The average Bonchev–Trinajstić information content (AvgIpc) is 2.98. The molecule has 222 valence electrons. The highest BCUT2D eigenvalue weighted by Gasteiger charge is 2.32. The third kappa shape index (κ3) is 9.43. The summed E-state index contributed by atoms with van der Waals surface area (Å²) in [6.07, 6.45) is 6.14. The molecule has 11 nitrogen and oxygen atoms in total. The van der Waals surface area contributed by atoms with E-state index in [1.165, 1.54) is 0 Å². The van der Waals surface area contributed by atoms with E-state index in [0.717, 1.165) is 42.8 Å². The first-order valence-corrected chi connectivity index (χ1v) is 14.7. The lowest BCUT2D eigenvalue weighted by atomic mass is 9.82. The molecule has 2 fully saturated rings. The number of carbonyl (C=O) groups is 1. The number of nitriles is 1. The van der Waals surface area contributed by atoms with Crippen LogP contribution in [0.3, 0.4) is 0 Å². The van der Waals surface area contributed by atoms with Gasteiger partial charge in [0.15, 0.2) is 0 Å². The zero-order valence-electron chi connectivity index (χ0n) is 23.5. The van der Waals surface area contributed by atoms with Crippen LogP contribution in [0.2, 0.25) is 5.02 Å². The predicted octanol–water partition coefficient (Wildman–Crippen LogP) is 4.51. The Bertz CT molecular complexity index is 1180. The Morgan fingerprint density at radius 3 is 2.73 bits per heavy atom. The number of hydrogen-bond acceptors (Lipinski definition) is 9. The zero-order valence-corrected chi connectivity index (χ0v) is 24.3. The van der Waals surface area contributed by atoms with E-state index in [9.17, 15) is 10.1 Å². The molecule has 41 heavy (non-hydrogen) atoms. The van der Waals surface area contributed by atoms with Gasteiger partial charge in [-0.25, -0.2) is 14.8 Å². The van der Waals surface area contributed by atoms with Crippen LogP contribution in [0.1, 0.15) is 45.4 Å². The van der Waals surface area contributed by atoms with Crippen molar-refractivity contribution < 1.29 is 19.4 Å². The number of carboxylic acid groups (broad SMARTS) is 1. The van der Waals surface area contributed by atoms with Crippen molar-refractivity contribution in [3.8, 4) is 17.3 Å². The van der Waals surface area contributed by atoms with Crippen LogP contribution in [-0.4, -0.2) is 78.8 Å². The third-order valence-corrected chi connectivity index (χ3v) is 7.97. The maximum Gasteiger partial charge on any atom is 0.404 e. The molecule has 2 aromatic heterocycles. The molecule has 1 aliphatic heterocycles. The highest BCUT2D eigenvalue weighted by Crippen LogP contribution is 2.32. The van der Waals surface area contributed by atoms with Crippen molar-refractivity contribution in [3.63, 3.8) is 0 Å². The van der Waals surface area contributed by atoms with Gasteiger partial charge in [0, 0.05) is 56.2 Å². The lowest BCUT2D eigenvalue weighted by molar-refractivity contribution is 0.0455. The molecule has 1 saturated heterocycles. The van der Waals surface area contributed by atoms with Gasteiger partial charge in [-0.15, -0.1) is 0 Å². The monoisotopic (exact) mass is 585 g/mol. The van der Waals surface area contributed by atoms with Gasteiger partial charge in [-0.2, -0.15) is 5.26 Å². The Morgan fingerprint density at radius 2 is 2.00 bits per heavy atom. The normalized spacial score (nSPS) is 20.9. The first-order valence-electron chi connectivity index (χ1n) is 14.3. The molecule has 1 saturated carbocycles. The molecule has 0 spiro atoms. The molecule has 1 amide bonds. The van der Waals surface area contributed by atoms with Gasteiger partial charge in [0.1, 0.15) is 11.6 Å². The topological polar surface area (TPSA) is 153 Å². The smallest absolute Gasteiger partial charge is 0.404 e. The molecule has 0 aromatic carbocycles. The molecular formula is C29H40ClN7O4. The largest absolute Gasteiger partial charge is 0.465 e. The number of aromatic nitrogens is 2. The van der Waals surface area contributed by atoms with Gasteiger partial charge in [-0.3, -0.25) is 0 Å².